The molecule has 1 heteroatoms. The second-order valence-electron chi connectivity index (χ2n) is 6.80. The average molecular weight is 245 g/mol. The second-order valence-corrected chi connectivity index (χ2v) is 6.80. The summed E-state index contributed by atoms with van der Waals surface area (Å²) < 4.78 is 7.90. The highest BCUT2D eigenvalue weighted by molar-refractivity contribution is 5.20. The first kappa shape index (κ1) is 10.3. The number of fused-ring (bicyclic) bond motifs is 5. The largest absolute Gasteiger partial charge is 0.393 e. The molecule has 0 amide bonds. The van der Waals surface area contributed by atoms with Gasteiger partial charge in [0.05, 0.1) is 7.45 Å². The standard InChI is InChI=1S/C17H24O/c18-13-6-9-15-12(10-13)5-8-16-14-3-1-2-11(14)4-7-17(15)16/h1-2,5,11,13-18H,3-4,6-10H2/i13D. The van der Waals surface area contributed by atoms with Crippen molar-refractivity contribution in [3.8, 4) is 0 Å². The Balaban J connectivity index is 1.60. The van der Waals surface area contributed by atoms with Crippen molar-refractivity contribution >= 4 is 0 Å². The van der Waals surface area contributed by atoms with Gasteiger partial charge in [-0.15, -0.1) is 0 Å². The van der Waals surface area contributed by atoms with Crippen LogP contribution in [0.1, 0.15) is 46.3 Å². The lowest BCUT2D eigenvalue weighted by molar-refractivity contribution is 0.0495. The smallest absolute Gasteiger partial charge is 0.0604 e. The van der Waals surface area contributed by atoms with Gasteiger partial charge in [-0.25, -0.2) is 0 Å². The third kappa shape index (κ3) is 1.63. The van der Waals surface area contributed by atoms with Crippen molar-refractivity contribution in [2.75, 3.05) is 0 Å². The van der Waals surface area contributed by atoms with Crippen LogP contribution in [0.15, 0.2) is 23.8 Å². The maximum atomic E-state index is 9.98. The molecule has 98 valence electrons. The van der Waals surface area contributed by atoms with Crippen LogP contribution in [-0.2, 0) is 0 Å². The number of rotatable bonds is 0. The molecule has 0 bridgehead atoms. The van der Waals surface area contributed by atoms with Crippen molar-refractivity contribution in [1.29, 1.82) is 0 Å². The molecule has 0 radical (unpaired) electrons. The zero-order valence-electron chi connectivity index (χ0n) is 12.0. The maximum Gasteiger partial charge on any atom is 0.0604 e. The van der Waals surface area contributed by atoms with Gasteiger partial charge in [-0.1, -0.05) is 23.8 Å². The maximum absolute atomic E-state index is 9.98. The van der Waals surface area contributed by atoms with Crippen LogP contribution in [0.4, 0.5) is 0 Å². The fourth-order valence-corrected chi connectivity index (χ4v) is 5.26. The van der Waals surface area contributed by atoms with Gasteiger partial charge in [0, 0.05) is 0 Å². The number of hydrogen-bond acceptors (Lipinski definition) is 1. The number of allylic oxidation sites excluding steroid dienone is 3. The summed E-state index contributed by atoms with van der Waals surface area (Å²) in [7, 11) is 0. The van der Waals surface area contributed by atoms with Crippen molar-refractivity contribution in [3.05, 3.63) is 23.8 Å². The minimum atomic E-state index is -1.18. The molecule has 6 atom stereocenters. The molecular weight excluding hydrogens is 220 g/mol. The van der Waals surface area contributed by atoms with E-state index in [2.05, 4.69) is 18.2 Å². The van der Waals surface area contributed by atoms with Gasteiger partial charge < -0.3 is 5.11 Å². The van der Waals surface area contributed by atoms with Crippen LogP contribution in [0.2, 0.25) is 0 Å². The molecule has 0 aromatic rings. The van der Waals surface area contributed by atoms with E-state index in [0.29, 0.717) is 18.8 Å². The summed E-state index contributed by atoms with van der Waals surface area (Å²) in [5, 5.41) is 9.98. The molecule has 0 spiro atoms. The molecule has 2 fully saturated rings. The molecule has 0 heterocycles. The van der Waals surface area contributed by atoms with Gasteiger partial charge in [0.25, 0.3) is 0 Å². The van der Waals surface area contributed by atoms with Crippen LogP contribution in [0.3, 0.4) is 0 Å². The summed E-state index contributed by atoms with van der Waals surface area (Å²) in [4.78, 5) is 0. The highest BCUT2D eigenvalue weighted by Gasteiger charge is 2.45. The van der Waals surface area contributed by atoms with E-state index >= 15 is 0 Å². The average Bonchev–Trinajstić information content (AvgIpc) is 2.85. The molecule has 0 saturated heterocycles. The monoisotopic (exact) mass is 245 g/mol. The molecule has 4 aliphatic rings. The molecule has 0 aromatic heterocycles. The van der Waals surface area contributed by atoms with E-state index in [1.807, 2.05) is 0 Å². The summed E-state index contributed by atoms with van der Waals surface area (Å²) >= 11 is 0. The second kappa shape index (κ2) is 4.23. The Morgan fingerprint density at radius 2 is 2.00 bits per heavy atom. The predicted octanol–water partition coefficient (Wildman–Crippen LogP) is 3.70. The van der Waals surface area contributed by atoms with Crippen LogP contribution in [0.25, 0.3) is 0 Å². The van der Waals surface area contributed by atoms with Crippen LogP contribution in [-0.4, -0.2) is 11.2 Å². The number of aliphatic hydroxyl groups is 1. The molecule has 1 nitrogen and oxygen atoms in total. The molecule has 0 aliphatic heterocycles. The van der Waals surface area contributed by atoms with Gasteiger partial charge in [-0.05, 0) is 74.5 Å². The summed E-state index contributed by atoms with van der Waals surface area (Å²) in [6.45, 7) is 0. The molecule has 6 unspecified atom stereocenters. The topological polar surface area (TPSA) is 20.2 Å². The van der Waals surface area contributed by atoms with E-state index in [1.165, 1.54) is 31.3 Å². The first-order valence-corrected chi connectivity index (χ1v) is 7.72. The summed E-state index contributed by atoms with van der Waals surface area (Å²) in [6.07, 6.45) is 13.6. The minimum absolute atomic E-state index is 0.604. The zero-order chi connectivity index (χ0) is 13.0. The van der Waals surface area contributed by atoms with Crippen LogP contribution in [0.5, 0.6) is 0 Å². The number of hydrogen-bond donors (Lipinski definition) is 1. The van der Waals surface area contributed by atoms with E-state index < -0.39 is 6.08 Å². The van der Waals surface area contributed by atoms with Gasteiger partial charge in [-0.2, -0.15) is 0 Å². The highest BCUT2D eigenvalue weighted by atomic mass is 16.3. The molecule has 0 aromatic carbocycles. The zero-order valence-corrected chi connectivity index (χ0v) is 11.0. The summed E-state index contributed by atoms with van der Waals surface area (Å²) in [5.41, 5.74) is 1.41. The Hall–Kier alpha value is -0.560. The molecule has 4 aliphatic carbocycles. The van der Waals surface area contributed by atoms with Gasteiger partial charge in [0.1, 0.15) is 0 Å². The van der Waals surface area contributed by atoms with E-state index in [0.717, 1.165) is 30.1 Å². The van der Waals surface area contributed by atoms with Crippen molar-refractivity contribution in [2.45, 2.75) is 51.0 Å². The quantitative estimate of drug-likeness (QED) is 0.645. The Labute approximate surface area is 111 Å². The minimum Gasteiger partial charge on any atom is -0.393 e. The van der Waals surface area contributed by atoms with Gasteiger partial charge in [-0.3, -0.25) is 0 Å². The lowest BCUT2D eigenvalue weighted by Crippen LogP contribution is -2.41. The van der Waals surface area contributed by atoms with Crippen LogP contribution in [0, 0.1) is 29.6 Å². The molecule has 18 heavy (non-hydrogen) atoms. The third-order valence-corrected chi connectivity index (χ3v) is 6.07. The SMILES string of the molecule is [2H]C1(O)CCC2C(=CCC3C4CC=CC4CCC23)C1. The van der Waals surface area contributed by atoms with E-state index in [-0.39, 0.29) is 0 Å². The summed E-state index contributed by atoms with van der Waals surface area (Å²) in [5.74, 6) is 4.16. The van der Waals surface area contributed by atoms with Crippen molar-refractivity contribution < 1.29 is 6.48 Å². The Bertz CT molecular complexity index is 437. The molecule has 2 saturated carbocycles. The Morgan fingerprint density at radius 1 is 1.06 bits per heavy atom. The Kier molecular flexibility index (Phi) is 2.41. The van der Waals surface area contributed by atoms with Crippen molar-refractivity contribution in [2.24, 2.45) is 29.6 Å². The van der Waals surface area contributed by atoms with Crippen molar-refractivity contribution in [1.82, 2.24) is 0 Å². The van der Waals surface area contributed by atoms with Gasteiger partial charge in [0.15, 0.2) is 0 Å². The molecule has 4 rings (SSSR count). The van der Waals surface area contributed by atoms with E-state index in [1.54, 1.807) is 0 Å². The lowest BCUT2D eigenvalue weighted by atomic mass is 9.57. The first-order valence-electron chi connectivity index (χ1n) is 8.22. The normalized spacial score (nSPS) is 55.1. The first-order chi connectivity index (χ1) is 9.14. The fraction of sp³-hybridized carbons (Fsp3) is 0.765. The fourth-order valence-electron chi connectivity index (χ4n) is 5.26. The van der Waals surface area contributed by atoms with Crippen molar-refractivity contribution in [3.63, 3.8) is 0 Å². The Morgan fingerprint density at radius 3 is 2.94 bits per heavy atom. The van der Waals surface area contributed by atoms with Crippen LogP contribution < -0.4 is 0 Å². The summed E-state index contributed by atoms with van der Waals surface area (Å²) in [6, 6.07) is 0. The molecular formula is C17H24O. The van der Waals surface area contributed by atoms with Crippen LogP contribution >= 0.6 is 0 Å². The van der Waals surface area contributed by atoms with E-state index in [4.69, 9.17) is 1.37 Å². The highest BCUT2D eigenvalue weighted by Crippen LogP contribution is 2.54. The third-order valence-electron chi connectivity index (χ3n) is 6.07. The lowest BCUT2D eigenvalue weighted by Gasteiger charge is -2.48. The van der Waals surface area contributed by atoms with Gasteiger partial charge >= 0.3 is 0 Å². The predicted molar refractivity (Wildman–Crippen MR) is 73.0 cm³/mol. The molecule has 1 N–H and O–H groups in total. The van der Waals surface area contributed by atoms with Gasteiger partial charge in [0.2, 0.25) is 0 Å². The van der Waals surface area contributed by atoms with E-state index in [9.17, 15) is 5.11 Å².